The molecular weight excluding hydrogens is 104 g/mol. The predicted octanol–water partition coefficient (Wildman–Crippen LogP) is 0.490. The van der Waals surface area contributed by atoms with Gasteiger partial charge in [0.15, 0.2) is 0 Å². The molecule has 0 saturated heterocycles. The molecule has 8 heavy (non-hydrogen) atoms. The standard InChI is InChI=1S/C6H10O2/c7-5-1-2-6(8)4-3-5/h5,7H,1-4H2/i1D2,2D2. The average molecular weight is 118 g/mol. The van der Waals surface area contributed by atoms with Crippen molar-refractivity contribution < 1.29 is 15.4 Å². The molecule has 0 aromatic rings. The monoisotopic (exact) mass is 118 g/mol. The molecular formula is C6H10O2. The van der Waals surface area contributed by atoms with Gasteiger partial charge in [0, 0.05) is 18.3 Å². The van der Waals surface area contributed by atoms with Gasteiger partial charge in [0.05, 0.1) is 6.10 Å². The molecule has 0 aromatic heterocycles. The molecule has 1 unspecified atom stereocenters. The first kappa shape index (κ1) is 2.48. The molecule has 1 aliphatic rings. The van der Waals surface area contributed by atoms with Crippen LogP contribution in [0.15, 0.2) is 0 Å². The summed E-state index contributed by atoms with van der Waals surface area (Å²) >= 11 is 0. The molecule has 1 saturated carbocycles. The van der Waals surface area contributed by atoms with Crippen molar-refractivity contribution in [1.29, 1.82) is 0 Å². The highest BCUT2D eigenvalue weighted by Crippen LogP contribution is 2.13. The molecule has 0 aromatic carbocycles. The van der Waals surface area contributed by atoms with Gasteiger partial charge in [0.1, 0.15) is 5.78 Å². The van der Waals surface area contributed by atoms with E-state index in [4.69, 9.17) is 10.6 Å². The van der Waals surface area contributed by atoms with Crippen molar-refractivity contribution in [3.05, 3.63) is 0 Å². The molecule has 1 fully saturated rings. The van der Waals surface area contributed by atoms with E-state index in [0.29, 0.717) is 0 Å². The van der Waals surface area contributed by atoms with Crippen LogP contribution in [0.2, 0.25) is 0 Å². The van der Waals surface area contributed by atoms with Crippen molar-refractivity contribution in [2.75, 3.05) is 0 Å². The Hall–Kier alpha value is -0.370. The minimum absolute atomic E-state index is 0.00530. The lowest BCUT2D eigenvalue weighted by atomic mass is 9.97. The van der Waals surface area contributed by atoms with Gasteiger partial charge in [-0.15, -0.1) is 0 Å². The first-order chi connectivity index (χ1) is 5.30. The summed E-state index contributed by atoms with van der Waals surface area (Å²) in [5.41, 5.74) is 0. The fraction of sp³-hybridized carbons (Fsp3) is 0.833. The zero-order chi connectivity index (χ0) is 9.57. The number of rotatable bonds is 0. The molecule has 2 nitrogen and oxygen atoms in total. The SMILES string of the molecule is [2H]C1([2H])C(=O)CCC(O)C1([2H])[2H]. The third kappa shape index (κ3) is 1.30. The lowest BCUT2D eigenvalue weighted by molar-refractivity contribution is -0.122. The van der Waals surface area contributed by atoms with E-state index >= 15 is 0 Å². The molecule has 1 N–H and O–H groups in total. The molecule has 0 amide bonds. The molecule has 0 bridgehead atoms. The molecule has 2 heteroatoms. The van der Waals surface area contributed by atoms with Crippen LogP contribution in [-0.2, 0) is 4.79 Å². The van der Waals surface area contributed by atoms with Gasteiger partial charge in [-0.3, -0.25) is 4.79 Å². The first-order valence-corrected chi connectivity index (χ1v) is 2.51. The van der Waals surface area contributed by atoms with Crippen LogP contribution < -0.4 is 0 Å². The minimum Gasteiger partial charge on any atom is -0.393 e. The summed E-state index contributed by atoms with van der Waals surface area (Å²) in [5, 5.41) is 9.12. The quantitative estimate of drug-likeness (QED) is 0.502. The molecule has 0 aliphatic heterocycles. The maximum atomic E-state index is 11.0. The maximum Gasteiger partial charge on any atom is 0.133 e. The van der Waals surface area contributed by atoms with Gasteiger partial charge in [-0.2, -0.15) is 0 Å². The fourth-order valence-corrected chi connectivity index (χ4v) is 0.566. The van der Waals surface area contributed by atoms with Gasteiger partial charge in [0.25, 0.3) is 0 Å². The van der Waals surface area contributed by atoms with E-state index in [9.17, 15) is 4.79 Å². The van der Waals surface area contributed by atoms with Gasteiger partial charge in [-0.1, -0.05) is 0 Å². The van der Waals surface area contributed by atoms with Crippen LogP contribution in [0.25, 0.3) is 0 Å². The van der Waals surface area contributed by atoms with Crippen LogP contribution in [0.3, 0.4) is 0 Å². The lowest BCUT2D eigenvalue weighted by Crippen LogP contribution is -2.17. The molecule has 1 aliphatic carbocycles. The number of Topliss-reactive ketones (excluding diaryl/α,β-unsaturated/α-hetero) is 1. The number of carbonyl (C=O) groups excluding carboxylic acids is 1. The van der Waals surface area contributed by atoms with Gasteiger partial charge in [0.2, 0.25) is 0 Å². The molecule has 1 rings (SSSR count). The molecule has 1 atom stereocenters. The number of aliphatic hydroxyl groups is 1. The van der Waals surface area contributed by atoms with Crippen molar-refractivity contribution in [2.45, 2.75) is 31.7 Å². The van der Waals surface area contributed by atoms with Crippen molar-refractivity contribution >= 4 is 5.78 Å². The molecule has 46 valence electrons. The summed E-state index contributed by atoms with van der Waals surface area (Å²) in [6, 6.07) is 0. The second-order valence-corrected chi connectivity index (χ2v) is 1.75. The zero-order valence-electron chi connectivity index (χ0n) is 8.35. The Morgan fingerprint density at radius 2 is 2.62 bits per heavy atom. The number of hydrogen-bond donors (Lipinski definition) is 1. The lowest BCUT2D eigenvalue weighted by Gasteiger charge is -2.13. The summed E-state index contributed by atoms with van der Waals surface area (Å²) in [6.07, 6.45) is -6.48. The van der Waals surface area contributed by atoms with E-state index in [-0.39, 0.29) is 12.8 Å². The van der Waals surface area contributed by atoms with Crippen molar-refractivity contribution in [2.24, 2.45) is 0 Å². The second kappa shape index (κ2) is 2.27. The van der Waals surface area contributed by atoms with Gasteiger partial charge >= 0.3 is 0 Å². The van der Waals surface area contributed by atoms with E-state index in [1.165, 1.54) is 0 Å². The van der Waals surface area contributed by atoms with E-state index in [1.54, 1.807) is 0 Å². The number of carbonyl (C=O) groups is 1. The topological polar surface area (TPSA) is 37.3 Å². The Kier molecular flexibility index (Phi) is 0.702. The number of aliphatic hydroxyl groups excluding tert-OH is 1. The van der Waals surface area contributed by atoms with Crippen molar-refractivity contribution in [3.8, 4) is 0 Å². The summed E-state index contributed by atoms with van der Waals surface area (Å²) in [6.45, 7) is 0. The Labute approximate surface area is 54.1 Å². The predicted molar refractivity (Wildman–Crippen MR) is 29.5 cm³/mol. The summed E-state index contributed by atoms with van der Waals surface area (Å²) in [7, 11) is 0. The molecule has 0 spiro atoms. The Balaban J connectivity index is 3.00. The second-order valence-electron chi connectivity index (χ2n) is 1.75. The van der Waals surface area contributed by atoms with Crippen molar-refractivity contribution in [1.82, 2.24) is 0 Å². The number of hydrogen-bond acceptors (Lipinski definition) is 2. The minimum atomic E-state index is -2.55. The van der Waals surface area contributed by atoms with Crippen LogP contribution in [0.5, 0.6) is 0 Å². The van der Waals surface area contributed by atoms with E-state index in [0.717, 1.165) is 0 Å². The summed E-state index contributed by atoms with van der Waals surface area (Å²) < 4.78 is 28.7. The van der Waals surface area contributed by atoms with Gasteiger partial charge in [-0.25, -0.2) is 0 Å². The molecule has 0 radical (unpaired) electrons. The summed E-state index contributed by atoms with van der Waals surface area (Å²) in [4.78, 5) is 11.0. The van der Waals surface area contributed by atoms with Crippen LogP contribution >= 0.6 is 0 Å². The van der Waals surface area contributed by atoms with Gasteiger partial charge < -0.3 is 5.11 Å². The van der Waals surface area contributed by atoms with Crippen molar-refractivity contribution in [3.63, 3.8) is 0 Å². The summed E-state index contributed by atoms with van der Waals surface area (Å²) in [5.74, 6) is -0.766. The molecule has 0 heterocycles. The highest BCUT2D eigenvalue weighted by atomic mass is 16.3. The smallest absolute Gasteiger partial charge is 0.133 e. The zero-order valence-corrected chi connectivity index (χ0v) is 4.35. The van der Waals surface area contributed by atoms with E-state index < -0.39 is 24.6 Å². The van der Waals surface area contributed by atoms with E-state index in [1.807, 2.05) is 0 Å². The third-order valence-electron chi connectivity index (χ3n) is 1.02. The highest BCUT2D eigenvalue weighted by Gasteiger charge is 2.14. The van der Waals surface area contributed by atoms with Gasteiger partial charge in [-0.05, 0) is 12.8 Å². The first-order valence-electron chi connectivity index (χ1n) is 4.51. The van der Waals surface area contributed by atoms with Crippen LogP contribution in [0.1, 0.15) is 31.1 Å². The van der Waals surface area contributed by atoms with Crippen LogP contribution in [0.4, 0.5) is 0 Å². The maximum absolute atomic E-state index is 11.0. The third-order valence-corrected chi connectivity index (χ3v) is 1.02. The number of ketones is 1. The Morgan fingerprint density at radius 3 is 3.25 bits per heavy atom. The van der Waals surface area contributed by atoms with E-state index in [2.05, 4.69) is 0 Å². The Bertz CT molecular complexity index is 214. The highest BCUT2D eigenvalue weighted by molar-refractivity contribution is 5.79. The largest absolute Gasteiger partial charge is 0.393 e. The average Bonchev–Trinajstić information content (AvgIpc) is 1.96. The Morgan fingerprint density at radius 1 is 1.88 bits per heavy atom. The fourth-order valence-electron chi connectivity index (χ4n) is 0.566. The normalized spacial score (nSPS) is 50.6. The van der Waals surface area contributed by atoms with Crippen LogP contribution in [-0.4, -0.2) is 17.0 Å². The van der Waals surface area contributed by atoms with Crippen LogP contribution in [0, 0.1) is 0 Å².